The van der Waals surface area contributed by atoms with E-state index in [4.69, 9.17) is 11.8 Å². The Morgan fingerprint density at radius 1 is 1.83 bits per heavy atom. The van der Waals surface area contributed by atoms with Crippen LogP contribution in [0.15, 0.2) is 11.4 Å². The summed E-state index contributed by atoms with van der Waals surface area (Å²) in [7, 11) is 1.06. The maximum Gasteiger partial charge on any atom is 0.00501 e. The van der Waals surface area contributed by atoms with Crippen LogP contribution >= 0.6 is 7.36 Å². The highest BCUT2D eigenvalue weighted by molar-refractivity contribution is 7.98. The minimum absolute atomic E-state index is 1.06. The Morgan fingerprint density at radius 3 is 2.50 bits per heavy atom. The molecule has 0 atom stereocenters. The van der Waals surface area contributed by atoms with E-state index in [9.17, 15) is 0 Å². The van der Waals surface area contributed by atoms with Crippen LogP contribution < -0.4 is 0 Å². The van der Waals surface area contributed by atoms with Gasteiger partial charge in [-0.2, -0.15) is 0 Å². The van der Waals surface area contributed by atoms with Crippen molar-refractivity contribution in [1.29, 1.82) is 0 Å². The molecule has 0 aromatic carbocycles. The molecule has 0 fully saturated rings. The third-order valence-electron chi connectivity index (χ3n) is 0.898. The molecule has 0 aliphatic heterocycles. The van der Waals surface area contributed by atoms with E-state index in [-0.39, 0.29) is 0 Å². The molecule has 32 valence electrons. The molecular formula is C4H5PS. The van der Waals surface area contributed by atoms with E-state index in [1.807, 2.05) is 0 Å². The molecule has 0 unspecified atom stereocenters. The van der Waals surface area contributed by atoms with Gasteiger partial charge in [0.05, 0.1) is 0 Å². The van der Waals surface area contributed by atoms with E-state index in [0.717, 1.165) is 7.36 Å². The van der Waals surface area contributed by atoms with Crippen LogP contribution in [-0.4, -0.2) is 0 Å². The lowest BCUT2D eigenvalue weighted by atomic mass is 10.1. The fourth-order valence-corrected chi connectivity index (χ4v) is 1.28. The minimum Gasteiger partial charge on any atom is -0.0756 e. The van der Waals surface area contributed by atoms with Gasteiger partial charge in [-0.1, -0.05) is 17.9 Å². The molecule has 0 heterocycles. The van der Waals surface area contributed by atoms with Crippen LogP contribution in [0.25, 0.3) is 0 Å². The fourth-order valence-electron chi connectivity index (χ4n) is 0.356. The number of hydrogen-bond donors (Lipinski definition) is 0. The van der Waals surface area contributed by atoms with Crippen LogP contribution in [0, 0.1) is 0 Å². The number of rotatable bonds is 1. The summed E-state index contributed by atoms with van der Waals surface area (Å²) in [6, 6.07) is 0. The van der Waals surface area contributed by atoms with E-state index in [1.54, 1.807) is 0 Å². The van der Waals surface area contributed by atoms with Crippen molar-refractivity contribution in [3.05, 3.63) is 11.4 Å². The third kappa shape index (κ3) is 0.664. The van der Waals surface area contributed by atoms with Gasteiger partial charge in [-0.3, -0.25) is 0 Å². The van der Waals surface area contributed by atoms with E-state index < -0.39 is 0 Å². The van der Waals surface area contributed by atoms with E-state index in [2.05, 4.69) is 6.08 Å². The van der Waals surface area contributed by atoms with Gasteiger partial charge in [0, 0.05) is 7.36 Å². The first kappa shape index (κ1) is 4.42. The van der Waals surface area contributed by atoms with Crippen molar-refractivity contribution < 1.29 is 0 Å². The Kier molecular flexibility index (Phi) is 1.33. The molecule has 6 heavy (non-hydrogen) atoms. The largest absolute Gasteiger partial charge is 0.0756 e. The Balaban J connectivity index is 2.52. The molecule has 0 spiro atoms. The second kappa shape index (κ2) is 1.81. The van der Waals surface area contributed by atoms with Crippen molar-refractivity contribution in [1.82, 2.24) is 0 Å². The highest BCUT2D eigenvalue weighted by atomic mass is 32.4. The third-order valence-corrected chi connectivity index (χ3v) is 2.24. The zero-order valence-corrected chi connectivity index (χ0v) is 5.06. The van der Waals surface area contributed by atoms with Crippen molar-refractivity contribution in [2.45, 2.75) is 12.8 Å². The Bertz CT molecular complexity index is 95.7. The molecule has 0 nitrogen and oxygen atoms in total. The number of hydrogen-bond acceptors (Lipinski definition) is 1. The molecule has 1 aliphatic carbocycles. The summed E-state index contributed by atoms with van der Waals surface area (Å²) in [5.41, 5.74) is 0. The zero-order valence-electron chi connectivity index (χ0n) is 3.35. The monoisotopic (exact) mass is 116 g/mol. The quantitative estimate of drug-likeness (QED) is 0.472. The second-order valence-electron chi connectivity index (χ2n) is 1.33. The van der Waals surface area contributed by atoms with E-state index in [0.29, 0.717) is 0 Å². The maximum absolute atomic E-state index is 4.73. The van der Waals surface area contributed by atoms with Crippen molar-refractivity contribution >= 4 is 19.2 Å². The van der Waals surface area contributed by atoms with Crippen LogP contribution in [0.2, 0.25) is 0 Å². The lowest BCUT2D eigenvalue weighted by Gasteiger charge is -2.04. The molecule has 0 saturated carbocycles. The van der Waals surface area contributed by atoms with Crippen molar-refractivity contribution in [3.63, 3.8) is 0 Å². The summed E-state index contributed by atoms with van der Waals surface area (Å²) in [6.07, 6.45) is 4.72. The fraction of sp³-hybridized carbons (Fsp3) is 0.500. The normalized spacial score (nSPS) is 19.7. The SMILES string of the molecule is S=PC1=CCC1. The minimum atomic E-state index is 1.06. The standard InChI is InChI=1S/C4H5PS/c6-5-4-2-1-3-4/h2H,1,3H2. The van der Waals surface area contributed by atoms with E-state index in [1.165, 1.54) is 18.2 Å². The predicted octanol–water partition coefficient (Wildman–Crippen LogP) is 2.07. The van der Waals surface area contributed by atoms with Crippen LogP contribution in [0.5, 0.6) is 0 Å². The first-order valence-electron chi connectivity index (χ1n) is 1.96. The smallest absolute Gasteiger partial charge is 0.00501 e. The molecule has 0 amide bonds. The summed E-state index contributed by atoms with van der Waals surface area (Å²) in [5, 5.41) is 1.44. The summed E-state index contributed by atoms with van der Waals surface area (Å²) in [4.78, 5) is 0. The summed E-state index contributed by atoms with van der Waals surface area (Å²) >= 11 is 4.73. The Morgan fingerprint density at radius 2 is 2.50 bits per heavy atom. The lowest BCUT2D eigenvalue weighted by Crippen LogP contribution is -1.82. The van der Waals surface area contributed by atoms with Gasteiger partial charge in [-0.05, 0) is 18.2 Å². The highest BCUT2D eigenvalue weighted by Gasteiger charge is 1.99. The van der Waals surface area contributed by atoms with Crippen molar-refractivity contribution in [3.8, 4) is 0 Å². The molecule has 1 aliphatic rings. The molecule has 0 aromatic heterocycles. The van der Waals surface area contributed by atoms with Gasteiger partial charge in [0.2, 0.25) is 0 Å². The summed E-state index contributed by atoms with van der Waals surface area (Å²) in [6.45, 7) is 0. The van der Waals surface area contributed by atoms with Gasteiger partial charge in [-0.15, -0.1) is 0 Å². The van der Waals surface area contributed by atoms with Gasteiger partial charge in [-0.25, -0.2) is 0 Å². The molecule has 0 saturated heterocycles. The average Bonchev–Trinajstić information content (AvgIpc) is 1.31. The van der Waals surface area contributed by atoms with Crippen molar-refractivity contribution in [2.24, 2.45) is 0 Å². The second-order valence-corrected chi connectivity index (χ2v) is 2.63. The zero-order chi connectivity index (χ0) is 4.41. The summed E-state index contributed by atoms with van der Waals surface area (Å²) in [5.74, 6) is 0. The first-order valence-corrected chi connectivity index (χ1v) is 3.86. The van der Waals surface area contributed by atoms with Crippen LogP contribution in [0.4, 0.5) is 0 Å². The molecular weight excluding hydrogens is 111 g/mol. The van der Waals surface area contributed by atoms with Gasteiger partial charge in [0.25, 0.3) is 0 Å². The Labute approximate surface area is 44.1 Å². The molecule has 2 heteroatoms. The average molecular weight is 116 g/mol. The van der Waals surface area contributed by atoms with Gasteiger partial charge in [0.15, 0.2) is 0 Å². The number of allylic oxidation sites excluding steroid dienone is 2. The molecule has 0 radical (unpaired) electrons. The topological polar surface area (TPSA) is 0 Å². The van der Waals surface area contributed by atoms with Crippen LogP contribution in [-0.2, 0) is 11.8 Å². The van der Waals surface area contributed by atoms with E-state index >= 15 is 0 Å². The van der Waals surface area contributed by atoms with Crippen LogP contribution in [0.1, 0.15) is 12.8 Å². The van der Waals surface area contributed by atoms with Crippen molar-refractivity contribution in [2.75, 3.05) is 0 Å². The van der Waals surface area contributed by atoms with Gasteiger partial charge in [0.1, 0.15) is 0 Å². The lowest BCUT2D eigenvalue weighted by molar-refractivity contribution is 0.941. The first-order chi connectivity index (χ1) is 2.93. The Hall–Kier alpha value is 0.260. The molecule has 0 N–H and O–H groups in total. The van der Waals surface area contributed by atoms with Crippen LogP contribution in [0.3, 0.4) is 0 Å². The predicted molar refractivity (Wildman–Crippen MR) is 31.6 cm³/mol. The summed E-state index contributed by atoms with van der Waals surface area (Å²) < 4.78 is 0. The molecule has 0 bridgehead atoms. The molecule has 0 aromatic rings. The maximum atomic E-state index is 4.73. The van der Waals surface area contributed by atoms with Gasteiger partial charge < -0.3 is 0 Å². The highest BCUT2D eigenvalue weighted by Crippen LogP contribution is 2.27. The molecule has 1 rings (SSSR count). The van der Waals surface area contributed by atoms with Gasteiger partial charge >= 0.3 is 0 Å².